The van der Waals surface area contributed by atoms with Crippen LogP contribution in [-0.4, -0.2) is 12.7 Å². The molecule has 1 saturated heterocycles. The molecule has 0 radical (unpaired) electrons. The van der Waals surface area contributed by atoms with E-state index < -0.39 is 17.7 Å². The minimum atomic E-state index is -0.635. The fourth-order valence-electron chi connectivity index (χ4n) is 2.10. The van der Waals surface area contributed by atoms with E-state index in [0.29, 0.717) is 6.42 Å². The highest BCUT2D eigenvalue weighted by Gasteiger charge is 2.23. The van der Waals surface area contributed by atoms with Gasteiger partial charge in [-0.25, -0.2) is 8.78 Å². The first-order chi connectivity index (χ1) is 7.68. The fraction of sp³-hybridized carbons (Fsp3) is 0.500. The second-order valence-electron chi connectivity index (χ2n) is 4.11. The molecule has 2 unspecified atom stereocenters. The van der Waals surface area contributed by atoms with Gasteiger partial charge in [-0.1, -0.05) is 6.07 Å². The van der Waals surface area contributed by atoms with Gasteiger partial charge in [-0.2, -0.15) is 0 Å². The van der Waals surface area contributed by atoms with Crippen molar-refractivity contribution in [1.82, 2.24) is 0 Å². The van der Waals surface area contributed by atoms with Crippen molar-refractivity contribution in [2.75, 3.05) is 6.61 Å². The highest BCUT2D eigenvalue weighted by atomic mass is 19.1. The first-order valence-electron chi connectivity index (χ1n) is 5.49. The molecule has 2 atom stereocenters. The summed E-state index contributed by atoms with van der Waals surface area (Å²) in [7, 11) is 0. The molecule has 1 fully saturated rings. The molecule has 1 aromatic carbocycles. The van der Waals surface area contributed by atoms with Gasteiger partial charge in [0.2, 0.25) is 0 Å². The molecule has 1 aromatic rings. The molecule has 0 amide bonds. The predicted octanol–water partition coefficient (Wildman–Crippen LogP) is 2.53. The van der Waals surface area contributed by atoms with Crippen molar-refractivity contribution < 1.29 is 13.5 Å². The molecule has 0 aliphatic carbocycles. The van der Waals surface area contributed by atoms with Crippen molar-refractivity contribution in [3.63, 3.8) is 0 Å². The molecule has 0 spiro atoms. The van der Waals surface area contributed by atoms with Gasteiger partial charge in [-0.15, -0.1) is 0 Å². The maximum atomic E-state index is 13.4. The Morgan fingerprint density at radius 1 is 1.38 bits per heavy atom. The van der Waals surface area contributed by atoms with Crippen LogP contribution in [0.15, 0.2) is 18.2 Å². The van der Waals surface area contributed by atoms with Crippen molar-refractivity contribution in [3.05, 3.63) is 35.4 Å². The zero-order chi connectivity index (χ0) is 11.5. The Morgan fingerprint density at radius 3 is 2.62 bits per heavy atom. The van der Waals surface area contributed by atoms with Crippen molar-refractivity contribution in [2.45, 2.75) is 31.4 Å². The largest absolute Gasteiger partial charge is 0.378 e. The zero-order valence-corrected chi connectivity index (χ0v) is 8.96. The third-order valence-corrected chi connectivity index (χ3v) is 2.91. The van der Waals surface area contributed by atoms with E-state index in [-0.39, 0.29) is 11.7 Å². The Kier molecular flexibility index (Phi) is 3.51. The normalized spacial score (nSPS) is 22.3. The Morgan fingerprint density at radius 2 is 2.06 bits per heavy atom. The molecule has 2 rings (SSSR count). The Hall–Kier alpha value is -1.00. The number of ether oxygens (including phenoxy) is 1. The summed E-state index contributed by atoms with van der Waals surface area (Å²) in [5, 5.41) is 0. The molecule has 0 bridgehead atoms. The van der Waals surface area contributed by atoms with Crippen LogP contribution in [0.2, 0.25) is 0 Å². The lowest BCUT2D eigenvalue weighted by Gasteiger charge is -2.17. The minimum absolute atomic E-state index is 0.0296. The first kappa shape index (κ1) is 11.5. The summed E-state index contributed by atoms with van der Waals surface area (Å²) in [5.74, 6) is -1.16. The van der Waals surface area contributed by atoms with Crippen molar-refractivity contribution >= 4 is 0 Å². The number of hydrogen-bond acceptors (Lipinski definition) is 2. The van der Waals surface area contributed by atoms with Crippen LogP contribution >= 0.6 is 0 Å². The topological polar surface area (TPSA) is 35.2 Å². The number of benzene rings is 1. The molecule has 1 heterocycles. The van der Waals surface area contributed by atoms with Crippen LogP contribution in [0.25, 0.3) is 0 Å². The van der Waals surface area contributed by atoms with Crippen LogP contribution < -0.4 is 5.73 Å². The molecule has 16 heavy (non-hydrogen) atoms. The summed E-state index contributed by atoms with van der Waals surface area (Å²) >= 11 is 0. The van der Waals surface area contributed by atoms with Crippen LogP contribution in [-0.2, 0) is 4.74 Å². The van der Waals surface area contributed by atoms with E-state index in [0.717, 1.165) is 19.4 Å². The molecule has 0 aromatic heterocycles. The summed E-state index contributed by atoms with van der Waals surface area (Å²) in [6.07, 6.45) is 2.42. The predicted molar refractivity (Wildman–Crippen MR) is 56.9 cm³/mol. The van der Waals surface area contributed by atoms with Crippen molar-refractivity contribution in [2.24, 2.45) is 5.73 Å². The van der Waals surface area contributed by atoms with E-state index in [2.05, 4.69) is 0 Å². The lowest BCUT2D eigenvalue weighted by Crippen LogP contribution is -2.20. The quantitative estimate of drug-likeness (QED) is 0.861. The van der Waals surface area contributed by atoms with E-state index in [1.165, 1.54) is 18.2 Å². The van der Waals surface area contributed by atoms with Crippen LogP contribution in [0.5, 0.6) is 0 Å². The molecule has 88 valence electrons. The number of hydrogen-bond donors (Lipinski definition) is 1. The van der Waals surface area contributed by atoms with Gasteiger partial charge >= 0.3 is 0 Å². The van der Waals surface area contributed by atoms with Gasteiger partial charge in [-0.05, 0) is 31.4 Å². The lowest BCUT2D eigenvalue weighted by atomic mass is 9.99. The number of rotatable bonds is 3. The van der Waals surface area contributed by atoms with Gasteiger partial charge in [0.15, 0.2) is 0 Å². The summed E-state index contributed by atoms with van der Waals surface area (Å²) in [6, 6.07) is 3.17. The van der Waals surface area contributed by atoms with Gasteiger partial charge in [-0.3, -0.25) is 0 Å². The third-order valence-electron chi connectivity index (χ3n) is 2.91. The van der Waals surface area contributed by atoms with Gasteiger partial charge in [0.1, 0.15) is 11.6 Å². The molecule has 4 heteroatoms. The van der Waals surface area contributed by atoms with Gasteiger partial charge in [0.25, 0.3) is 0 Å². The molecule has 0 saturated carbocycles. The lowest BCUT2D eigenvalue weighted by molar-refractivity contribution is 0.0977. The monoisotopic (exact) mass is 227 g/mol. The Balaban J connectivity index is 2.10. The standard InChI is InChI=1S/C12H15F2NO/c13-9-4-1-5-10(14)12(9)11(15)7-8-3-2-6-16-8/h1,4-5,8,11H,2-3,6-7,15H2. The maximum Gasteiger partial charge on any atom is 0.130 e. The Bertz CT molecular complexity index is 344. The number of halogens is 2. The van der Waals surface area contributed by atoms with Crippen LogP contribution in [0, 0.1) is 11.6 Å². The first-order valence-corrected chi connectivity index (χ1v) is 5.49. The second-order valence-corrected chi connectivity index (χ2v) is 4.11. The Labute approximate surface area is 93.4 Å². The molecule has 2 nitrogen and oxygen atoms in total. The number of nitrogens with two attached hydrogens (primary N) is 1. The van der Waals surface area contributed by atoms with E-state index in [1.54, 1.807) is 0 Å². The second kappa shape index (κ2) is 4.89. The summed E-state index contributed by atoms with van der Waals surface area (Å²) in [5.41, 5.74) is 5.79. The van der Waals surface area contributed by atoms with Gasteiger partial charge in [0, 0.05) is 18.2 Å². The minimum Gasteiger partial charge on any atom is -0.378 e. The van der Waals surface area contributed by atoms with E-state index in [1.807, 2.05) is 0 Å². The average Bonchev–Trinajstić information content (AvgIpc) is 2.70. The highest BCUT2D eigenvalue weighted by molar-refractivity contribution is 5.23. The van der Waals surface area contributed by atoms with E-state index in [4.69, 9.17) is 10.5 Å². The third kappa shape index (κ3) is 2.39. The zero-order valence-electron chi connectivity index (χ0n) is 8.96. The summed E-state index contributed by atoms with van der Waals surface area (Å²) in [6.45, 7) is 0.719. The van der Waals surface area contributed by atoms with Gasteiger partial charge < -0.3 is 10.5 Å². The van der Waals surface area contributed by atoms with Crippen LogP contribution in [0.4, 0.5) is 8.78 Å². The van der Waals surface area contributed by atoms with Crippen molar-refractivity contribution in [3.8, 4) is 0 Å². The fourth-order valence-corrected chi connectivity index (χ4v) is 2.10. The van der Waals surface area contributed by atoms with E-state index >= 15 is 0 Å². The molecular weight excluding hydrogens is 212 g/mol. The summed E-state index contributed by atoms with van der Waals surface area (Å²) < 4.78 is 32.2. The molecule has 2 N–H and O–H groups in total. The smallest absolute Gasteiger partial charge is 0.130 e. The van der Waals surface area contributed by atoms with E-state index in [9.17, 15) is 8.78 Å². The summed E-state index contributed by atoms with van der Waals surface area (Å²) in [4.78, 5) is 0. The maximum absolute atomic E-state index is 13.4. The molecule has 1 aliphatic heterocycles. The average molecular weight is 227 g/mol. The van der Waals surface area contributed by atoms with Crippen LogP contribution in [0.3, 0.4) is 0 Å². The SMILES string of the molecule is NC(CC1CCCO1)c1c(F)cccc1F. The molecular formula is C12H15F2NO. The van der Waals surface area contributed by atoms with Crippen LogP contribution in [0.1, 0.15) is 30.9 Å². The molecule has 1 aliphatic rings. The van der Waals surface area contributed by atoms with Crippen molar-refractivity contribution in [1.29, 1.82) is 0 Å². The van der Waals surface area contributed by atoms with Gasteiger partial charge in [0.05, 0.1) is 6.10 Å². The highest BCUT2D eigenvalue weighted by Crippen LogP contribution is 2.26.